The van der Waals surface area contributed by atoms with Gasteiger partial charge < -0.3 is 14.3 Å². The number of aliphatic hydroxyl groups excluding tert-OH is 1. The largest absolute Gasteiger partial charge is 0.474 e. The number of hydrogen-bond acceptors (Lipinski definition) is 4. The molecule has 0 fully saturated rings. The topological polar surface area (TPSA) is 56.5 Å². The molecule has 128 valence electrons. The summed E-state index contributed by atoms with van der Waals surface area (Å²) in [5.74, 6) is 0.554. The van der Waals surface area contributed by atoms with Crippen molar-refractivity contribution in [2.45, 2.75) is 85.0 Å². The van der Waals surface area contributed by atoms with Crippen LogP contribution in [-0.4, -0.2) is 35.4 Å². The monoisotopic (exact) mass is 328 g/mol. The number of nitrogens with zero attached hydrogens (tertiary/aromatic N) is 2. The highest BCUT2D eigenvalue weighted by Crippen LogP contribution is 2.37. The second kappa shape index (κ2) is 7.15. The molecule has 0 aliphatic rings. The van der Waals surface area contributed by atoms with Gasteiger partial charge in [0.15, 0.2) is 8.32 Å². The van der Waals surface area contributed by atoms with Crippen LogP contribution < -0.4 is 4.74 Å². The maximum Gasteiger partial charge on any atom is 0.233 e. The summed E-state index contributed by atoms with van der Waals surface area (Å²) in [7, 11) is -1.80. The molecule has 1 heterocycles. The molecule has 0 aromatic carbocycles. The quantitative estimate of drug-likeness (QED) is 0.777. The van der Waals surface area contributed by atoms with E-state index in [9.17, 15) is 5.11 Å². The van der Waals surface area contributed by atoms with E-state index >= 15 is 0 Å². The van der Waals surface area contributed by atoms with Gasteiger partial charge in [0.05, 0.1) is 31.1 Å². The predicted molar refractivity (Wildman–Crippen MR) is 91.7 cm³/mol. The van der Waals surface area contributed by atoms with Crippen molar-refractivity contribution >= 4 is 8.32 Å². The molecule has 1 atom stereocenters. The van der Waals surface area contributed by atoms with Gasteiger partial charge in [0.1, 0.15) is 0 Å². The molecule has 0 aliphatic carbocycles. The Balaban J connectivity index is 2.79. The molecule has 0 saturated carbocycles. The van der Waals surface area contributed by atoms with E-state index in [1.807, 2.05) is 13.8 Å². The van der Waals surface area contributed by atoms with Crippen molar-refractivity contribution in [3.05, 3.63) is 11.8 Å². The molecule has 6 heteroatoms. The van der Waals surface area contributed by atoms with Crippen LogP contribution in [0.1, 0.15) is 47.2 Å². The Morgan fingerprint density at radius 1 is 1.27 bits per heavy atom. The lowest BCUT2D eigenvalue weighted by Gasteiger charge is -2.38. The van der Waals surface area contributed by atoms with Crippen LogP contribution in [0, 0.1) is 0 Å². The first-order valence-electron chi connectivity index (χ1n) is 7.98. The van der Waals surface area contributed by atoms with Gasteiger partial charge in [0, 0.05) is 6.07 Å². The van der Waals surface area contributed by atoms with Crippen LogP contribution in [0.4, 0.5) is 0 Å². The zero-order chi connectivity index (χ0) is 17.1. The summed E-state index contributed by atoms with van der Waals surface area (Å²) in [5.41, 5.74) is 0.751. The Morgan fingerprint density at radius 3 is 2.32 bits per heavy atom. The fraction of sp³-hybridized carbons (Fsp3) is 0.812. The number of ether oxygens (including phenoxy) is 1. The highest BCUT2D eigenvalue weighted by molar-refractivity contribution is 6.74. The molecule has 0 unspecified atom stereocenters. The van der Waals surface area contributed by atoms with Crippen LogP contribution in [-0.2, 0) is 17.6 Å². The molecule has 0 radical (unpaired) electrons. The van der Waals surface area contributed by atoms with Gasteiger partial charge >= 0.3 is 0 Å². The molecule has 5 nitrogen and oxygen atoms in total. The van der Waals surface area contributed by atoms with E-state index in [0.717, 1.165) is 5.69 Å². The van der Waals surface area contributed by atoms with Gasteiger partial charge in [-0.1, -0.05) is 20.8 Å². The lowest BCUT2D eigenvalue weighted by Crippen LogP contribution is -2.44. The summed E-state index contributed by atoms with van der Waals surface area (Å²) in [6, 6.07) is 1.79. The molecule has 0 aliphatic heterocycles. The molecule has 0 amide bonds. The van der Waals surface area contributed by atoms with Gasteiger partial charge in [-0.3, -0.25) is 4.68 Å². The third kappa shape index (κ3) is 5.10. The van der Waals surface area contributed by atoms with Gasteiger partial charge in [-0.15, -0.1) is 5.10 Å². The number of aliphatic hydroxyl groups is 1. The first-order valence-corrected chi connectivity index (χ1v) is 10.9. The fourth-order valence-corrected chi connectivity index (χ4v) is 3.41. The van der Waals surface area contributed by atoms with E-state index in [1.54, 1.807) is 10.7 Å². The van der Waals surface area contributed by atoms with Gasteiger partial charge in [-0.25, -0.2) is 0 Å². The molecule has 1 N–H and O–H groups in total. The van der Waals surface area contributed by atoms with Crippen molar-refractivity contribution in [1.29, 1.82) is 0 Å². The zero-order valence-corrected chi connectivity index (χ0v) is 16.3. The molecular weight excluding hydrogens is 296 g/mol. The average Bonchev–Trinajstić information content (AvgIpc) is 2.67. The van der Waals surface area contributed by atoms with E-state index in [0.29, 0.717) is 12.4 Å². The fourth-order valence-electron chi connectivity index (χ4n) is 1.97. The molecule has 1 aromatic rings. The molecule has 1 aromatic heterocycles. The van der Waals surface area contributed by atoms with Crippen molar-refractivity contribution < 1.29 is 14.3 Å². The number of rotatable bonds is 7. The molecule has 0 spiro atoms. The van der Waals surface area contributed by atoms with Gasteiger partial charge in [0.2, 0.25) is 5.88 Å². The molecule has 0 bridgehead atoms. The lowest BCUT2D eigenvalue weighted by molar-refractivity contribution is 0.166. The van der Waals surface area contributed by atoms with Crippen LogP contribution in [0.2, 0.25) is 18.1 Å². The molecular formula is C16H32N2O3Si. The minimum atomic E-state index is -1.80. The second-order valence-corrected chi connectivity index (χ2v) is 12.4. The van der Waals surface area contributed by atoms with Crippen molar-refractivity contribution in [2.24, 2.45) is 0 Å². The third-order valence-corrected chi connectivity index (χ3v) is 8.70. The van der Waals surface area contributed by atoms with Crippen molar-refractivity contribution in [3.8, 4) is 5.88 Å². The second-order valence-electron chi connectivity index (χ2n) is 7.67. The van der Waals surface area contributed by atoms with Crippen LogP contribution in [0.15, 0.2) is 6.07 Å². The van der Waals surface area contributed by atoms with E-state index < -0.39 is 8.32 Å². The molecule has 1 rings (SSSR count). The highest BCUT2D eigenvalue weighted by atomic mass is 28.4. The maximum atomic E-state index is 9.49. The number of hydrogen-bond donors (Lipinski definition) is 1. The SMILES string of the molecule is CC(C)Oc1cc(CO)n(C[C@H](C)O[Si](C)(C)C(C)(C)C)n1. The van der Waals surface area contributed by atoms with Crippen LogP contribution >= 0.6 is 0 Å². The Morgan fingerprint density at radius 2 is 1.86 bits per heavy atom. The van der Waals surface area contributed by atoms with Gasteiger partial charge in [-0.2, -0.15) is 0 Å². The molecule has 22 heavy (non-hydrogen) atoms. The summed E-state index contributed by atoms with van der Waals surface area (Å²) in [5, 5.41) is 14.1. The third-order valence-electron chi connectivity index (χ3n) is 4.09. The zero-order valence-electron chi connectivity index (χ0n) is 15.3. The van der Waals surface area contributed by atoms with E-state index in [2.05, 4.69) is 45.9 Å². The first kappa shape index (κ1) is 19.2. The van der Waals surface area contributed by atoms with Crippen molar-refractivity contribution in [3.63, 3.8) is 0 Å². The smallest absolute Gasteiger partial charge is 0.233 e. The van der Waals surface area contributed by atoms with Crippen LogP contribution in [0.5, 0.6) is 5.88 Å². The summed E-state index contributed by atoms with van der Waals surface area (Å²) in [4.78, 5) is 0. The van der Waals surface area contributed by atoms with Crippen LogP contribution in [0.25, 0.3) is 0 Å². The minimum absolute atomic E-state index is 0.0398. The maximum absolute atomic E-state index is 9.49. The number of aromatic nitrogens is 2. The van der Waals surface area contributed by atoms with E-state index in [4.69, 9.17) is 9.16 Å². The minimum Gasteiger partial charge on any atom is -0.474 e. The molecule has 0 saturated heterocycles. The highest BCUT2D eigenvalue weighted by Gasteiger charge is 2.38. The van der Waals surface area contributed by atoms with E-state index in [-0.39, 0.29) is 23.9 Å². The average molecular weight is 329 g/mol. The lowest BCUT2D eigenvalue weighted by atomic mass is 10.2. The summed E-state index contributed by atoms with van der Waals surface area (Å²) >= 11 is 0. The van der Waals surface area contributed by atoms with Gasteiger partial charge in [-0.05, 0) is 38.9 Å². The van der Waals surface area contributed by atoms with Gasteiger partial charge in [0.25, 0.3) is 0 Å². The van der Waals surface area contributed by atoms with E-state index in [1.165, 1.54) is 0 Å². The Labute approximate surface area is 135 Å². The Bertz CT molecular complexity index is 478. The Kier molecular flexibility index (Phi) is 6.24. The normalized spacial score (nSPS) is 14.5. The summed E-state index contributed by atoms with van der Waals surface area (Å²) in [6.45, 7) is 17.7. The standard InChI is InChI=1S/C16H32N2O3Si/c1-12(2)20-15-9-14(11-19)18(17-15)10-13(3)21-22(7,8)16(4,5)6/h9,12-13,19H,10-11H2,1-8H3/t13-/m0/s1. The van der Waals surface area contributed by atoms with Crippen molar-refractivity contribution in [2.75, 3.05) is 0 Å². The first-order chi connectivity index (χ1) is 9.96. The van der Waals surface area contributed by atoms with Crippen molar-refractivity contribution in [1.82, 2.24) is 9.78 Å². The summed E-state index contributed by atoms with van der Waals surface area (Å²) in [6.07, 6.45) is 0.105. The summed E-state index contributed by atoms with van der Waals surface area (Å²) < 4.78 is 13.7. The Hall–Kier alpha value is -0.853. The predicted octanol–water partition coefficient (Wildman–Crippen LogP) is 3.57. The van der Waals surface area contributed by atoms with Crippen LogP contribution in [0.3, 0.4) is 0 Å².